The van der Waals surface area contributed by atoms with E-state index in [1.54, 1.807) is 0 Å². The van der Waals surface area contributed by atoms with Crippen molar-refractivity contribution in [2.45, 2.75) is 24.9 Å². The van der Waals surface area contributed by atoms with E-state index in [2.05, 4.69) is 6.58 Å². The van der Waals surface area contributed by atoms with Crippen LogP contribution in [0.3, 0.4) is 0 Å². The molecule has 2 aliphatic carbocycles. The van der Waals surface area contributed by atoms with Gasteiger partial charge in [-0.25, -0.2) is 0 Å². The summed E-state index contributed by atoms with van der Waals surface area (Å²) in [6, 6.07) is 0. The third-order valence-corrected chi connectivity index (χ3v) is 3.18. The van der Waals surface area contributed by atoms with Crippen LogP contribution in [0.5, 0.6) is 0 Å². The highest BCUT2D eigenvalue weighted by Gasteiger charge is 2.59. The molecule has 80 valence electrons. The third kappa shape index (κ3) is 1.11. The minimum absolute atomic E-state index is 0.111. The fourth-order valence-corrected chi connectivity index (χ4v) is 2.45. The minimum Gasteiger partial charge on any atom is -0.504 e. The molecule has 0 unspecified atom stereocenters. The van der Waals surface area contributed by atoms with E-state index in [0.29, 0.717) is 5.57 Å². The molecule has 0 aromatic carbocycles. The van der Waals surface area contributed by atoms with Crippen LogP contribution in [0.1, 0.15) is 19.3 Å². The first-order valence-electron chi connectivity index (χ1n) is 4.85. The van der Waals surface area contributed by atoms with Gasteiger partial charge in [0.05, 0.1) is 5.92 Å². The molecular formula is C11H12O4. The highest BCUT2D eigenvalue weighted by molar-refractivity contribution is 6.11. The topological polar surface area (TPSA) is 74.6 Å². The lowest BCUT2D eigenvalue weighted by molar-refractivity contribution is -0.138. The smallest absolute Gasteiger partial charge is 0.229 e. The molecule has 4 heteroatoms. The van der Waals surface area contributed by atoms with Crippen LogP contribution in [-0.2, 0) is 9.59 Å². The number of rotatable bonds is 2. The Kier molecular flexibility index (Phi) is 2.04. The maximum atomic E-state index is 11.6. The van der Waals surface area contributed by atoms with Crippen molar-refractivity contribution in [2.75, 3.05) is 0 Å². The van der Waals surface area contributed by atoms with Crippen LogP contribution in [0.2, 0.25) is 0 Å². The first-order valence-corrected chi connectivity index (χ1v) is 4.85. The largest absolute Gasteiger partial charge is 0.504 e. The Hall–Kier alpha value is -1.42. The molecule has 2 atom stereocenters. The van der Waals surface area contributed by atoms with Gasteiger partial charge >= 0.3 is 0 Å². The zero-order chi connectivity index (χ0) is 11.2. The molecule has 0 radical (unpaired) electrons. The summed E-state index contributed by atoms with van der Waals surface area (Å²) in [4.78, 5) is 23.1. The van der Waals surface area contributed by atoms with E-state index in [1.165, 1.54) is 6.08 Å². The van der Waals surface area contributed by atoms with Crippen molar-refractivity contribution >= 4 is 11.6 Å². The van der Waals surface area contributed by atoms with E-state index < -0.39 is 23.1 Å². The van der Waals surface area contributed by atoms with Crippen LogP contribution in [0.25, 0.3) is 0 Å². The number of fused-ring (bicyclic) bond motifs is 1. The molecule has 0 bridgehead atoms. The summed E-state index contributed by atoms with van der Waals surface area (Å²) in [5.41, 5.74) is -1.36. The number of hydrogen-bond acceptors (Lipinski definition) is 4. The summed E-state index contributed by atoms with van der Waals surface area (Å²) >= 11 is 0. The van der Waals surface area contributed by atoms with E-state index >= 15 is 0 Å². The highest BCUT2D eigenvalue weighted by atomic mass is 16.3. The Morgan fingerprint density at radius 3 is 2.80 bits per heavy atom. The number of carbonyl (C=O) groups excluding carboxylic acids is 2. The molecule has 0 heterocycles. The first-order chi connectivity index (χ1) is 7.02. The van der Waals surface area contributed by atoms with Gasteiger partial charge in [0.15, 0.2) is 5.76 Å². The molecule has 0 aromatic rings. The van der Waals surface area contributed by atoms with E-state index in [-0.39, 0.29) is 25.0 Å². The Balaban J connectivity index is 2.50. The predicted octanol–water partition coefficient (Wildman–Crippen LogP) is 0.667. The van der Waals surface area contributed by atoms with Gasteiger partial charge in [-0.2, -0.15) is 0 Å². The summed E-state index contributed by atoms with van der Waals surface area (Å²) < 4.78 is 0. The van der Waals surface area contributed by atoms with Gasteiger partial charge < -0.3 is 10.2 Å². The van der Waals surface area contributed by atoms with Crippen molar-refractivity contribution in [1.29, 1.82) is 0 Å². The number of Topliss-reactive ketones (excluding diaryl/α,β-unsaturated/α-hetero) is 2. The molecule has 0 spiro atoms. The van der Waals surface area contributed by atoms with Crippen molar-refractivity contribution in [3.05, 3.63) is 24.0 Å². The van der Waals surface area contributed by atoms with Crippen molar-refractivity contribution in [2.24, 2.45) is 5.92 Å². The Bertz CT molecular complexity index is 393. The maximum absolute atomic E-state index is 11.6. The van der Waals surface area contributed by atoms with Crippen LogP contribution >= 0.6 is 0 Å². The van der Waals surface area contributed by atoms with Crippen molar-refractivity contribution < 1.29 is 19.8 Å². The van der Waals surface area contributed by atoms with Gasteiger partial charge in [0, 0.05) is 6.42 Å². The predicted molar refractivity (Wildman–Crippen MR) is 52.2 cm³/mol. The number of aliphatic hydroxyl groups is 2. The summed E-state index contributed by atoms with van der Waals surface area (Å²) in [6.45, 7) is 3.50. The number of aliphatic hydroxyl groups excluding tert-OH is 1. The van der Waals surface area contributed by atoms with Gasteiger partial charge in [-0.3, -0.25) is 9.59 Å². The van der Waals surface area contributed by atoms with Crippen LogP contribution < -0.4 is 0 Å². The molecule has 0 aliphatic heterocycles. The molecule has 0 amide bonds. The van der Waals surface area contributed by atoms with Crippen molar-refractivity contribution in [3.63, 3.8) is 0 Å². The fourth-order valence-electron chi connectivity index (χ4n) is 2.45. The lowest BCUT2D eigenvalue weighted by Gasteiger charge is -2.20. The van der Waals surface area contributed by atoms with E-state index in [4.69, 9.17) is 0 Å². The average molecular weight is 208 g/mol. The van der Waals surface area contributed by atoms with Crippen LogP contribution in [0.4, 0.5) is 0 Å². The van der Waals surface area contributed by atoms with Gasteiger partial charge in [0.25, 0.3) is 0 Å². The van der Waals surface area contributed by atoms with Crippen molar-refractivity contribution in [3.8, 4) is 0 Å². The lowest BCUT2D eigenvalue weighted by Crippen LogP contribution is -2.39. The molecule has 0 aromatic heterocycles. The van der Waals surface area contributed by atoms with E-state index in [0.717, 1.165) is 0 Å². The fraction of sp³-hybridized carbons (Fsp3) is 0.455. The molecule has 1 saturated carbocycles. The van der Waals surface area contributed by atoms with Crippen LogP contribution in [0.15, 0.2) is 24.0 Å². The van der Waals surface area contributed by atoms with Gasteiger partial charge in [-0.1, -0.05) is 6.08 Å². The van der Waals surface area contributed by atoms with E-state index in [9.17, 15) is 19.8 Å². The Morgan fingerprint density at radius 1 is 1.53 bits per heavy atom. The molecule has 0 saturated heterocycles. The maximum Gasteiger partial charge on any atom is 0.229 e. The normalized spacial score (nSPS) is 34.9. The lowest BCUT2D eigenvalue weighted by atomic mass is 9.88. The van der Waals surface area contributed by atoms with Gasteiger partial charge in [-0.05, 0) is 18.4 Å². The van der Waals surface area contributed by atoms with Crippen LogP contribution in [0, 0.1) is 5.92 Å². The average Bonchev–Trinajstić information content (AvgIpc) is 2.59. The number of allylic oxidation sites excluding steroid dienone is 1. The molecular weight excluding hydrogens is 196 g/mol. The molecule has 2 N–H and O–H groups in total. The van der Waals surface area contributed by atoms with Gasteiger partial charge in [0.1, 0.15) is 11.4 Å². The minimum atomic E-state index is -1.68. The third-order valence-electron chi connectivity index (χ3n) is 3.18. The molecule has 1 fully saturated rings. The zero-order valence-corrected chi connectivity index (χ0v) is 8.19. The molecule has 4 nitrogen and oxygen atoms in total. The number of carbonyl (C=O) groups is 2. The Labute approximate surface area is 86.9 Å². The summed E-state index contributed by atoms with van der Waals surface area (Å²) in [6.07, 6.45) is 2.08. The second-order valence-corrected chi connectivity index (χ2v) is 4.02. The number of ketones is 2. The van der Waals surface area contributed by atoms with Gasteiger partial charge in [0.2, 0.25) is 5.78 Å². The second kappa shape index (κ2) is 3.03. The summed E-state index contributed by atoms with van der Waals surface area (Å²) in [5.74, 6) is -2.18. The van der Waals surface area contributed by atoms with E-state index in [1.807, 2.05) is 0 Å². The summed E-state index contributed by atoms with van der Waals surface area (Å²) in [5, 5.41) is 19.6. The first kappa shape index (κ1) is 10.1. The standard InChI is InChI=1S/C11H12O4/c1-2-3-6-8-7(12)4-5-11(8,15)10(14)9(6)13/h2,8,13,15H,1,3-5H2/t8-,11-/m0/s1. The molecule has 15 heavy (non-hydrogen) atoms. The van der Waals surface area contributed by atoms with Crippen molar-refractivity contribution in [1.82, 2.24) is 0 Å². The van der Waals surface area contributed by atoms with Gasteiger partial charge in [-0.15, -0.1) is 6.58 Å². The summed E-state index contributed by atoms with van der Waals surface area (Å²) in [7, 11) is 0. The monoisotopic (exact) mass is 208 g/mol. The number of hydrogen-bond donors (Lipinski definition) is 2. The SMILES string of the molecule is C=CCC1=C(O)C(=O)[C@]2(O)CCC(=O)[C@H]12. The molecule has 2 rings (SSSR count). The zero-order valence-electron chi connectivity index (χ0n) is 8.19. The highest BCUT2D eigenvalue weighted by Crippen LogP contribution is 2.46. The van der Waals surface area contributed by atoms with Crippen LogP contribution in [-0.4, -0.2) is 27.4 Å². The second-order valence-electron chi connectivity index (χ2n) is 4.02. The Morgan fingerprint density at radius 2 is 2.20 bits per heavy atom. The molecule has 2 aliphatic rings. The quantitative estimate of drug-likeness (QED) is 0.654.